The van der Waals surface area contributed by atoms with Gasteiger partial charge in [-0.05, 0) is 44.2 Å². The molecule has 10 heteroatoms. The van der Waals surface area contributed by atoms with Gasteiger partial charge in [-0.3, -0.25) is 4.98 Å². The monoisotopic (exact) mass is 432 g/mol. The molecule has 7 nitrogen and oxygen atoms in total. The summed E-state index contributed by atoms with van der Waals surface area (Å²) in [5.41, 5.74) is -0.141. The number of halogens is 3. The van der Waals surface area contributed by atoms with Gasteiger partial charge in [0.1, 0.15) is 18.7 Å². The molecule has 1 aromatic carbocycles. The minimum Gasteiger partial charge on any atom is -0.491 e. The molecule has 2 heterocycles. The van der Waals surface area contributed by atoms with Crippen LogP contribution in [0.15, 0.2) is 55.0 Å². The number of carbonyl (C=O) groups excluding carboxylic acids is 1. The summed E-state index contributed by atoms with van der Waals surface area (Å²) in [7, 11) is 0. The van der Waals surface area contributed by atoms with Crippen LogP contribution in [0.5, 0.6) is 5.75 Å². The predicted octanol–water partition coefficient (Wildman–Crippen LogP) is 4.36. The number of benzene rings is 1. The zero-order valence-corrected chi connectivity index (χ0v) is 16.7. The lowest BCUT2D eigenvalue weighted by atomic mass is 10.1. The molecule has 162 valence electrons. The molecule has 0 saturated carbocycles. The molecule has 0 N–H and O–H groups in total. The highest BCUT2D eigenvalue weighted by atomic mass is 19.4. The Kier molecular flexibility index (Phi) is 6.68. The Balaban J connectivity index is 1.73. The summed E-state index contributed by atoms with van der Waals surface area (Å²) in [4.78, 5) is 19.9. The van der Waals surface area contributed by atoms with Gasteiger partial charge in [-0.15, -0.1) is 5.10 Å². The fourth-order valence-electron chi connectivity index (χ4n) is 2.52. The first-order valence-electron chi connectivity index (χ1n) is 9.26. The van der Waals surface area contributed by atoms with Crippen molar-refractivity contribution in [2.24, 2.45) is 0 Å². The summed E-state index contributed by atoms with van der Waals surface area (Å²) in [5.74, 6) is -0.523. The average Bonchev–Trinajstić information content (AvgIpc) is 3.19. The van der Waals surface area contributed by atoms with E-state index < -0.39 is 17.7 Å². The van der Waals surface area contributed by atoms with Gasteiger partial charge in [0.2, 0.25) is 0 Å². The highest BCUT2D eigenvalue weighted by Gasteiger charge is 2.32. The second-order valence-corrected chi connectivity index (χ2v) is 6.70. The third-order valence-corrected chi connectivity index (χ3v) is 3.82. The number of hydrogen-bond donors (Lipinski definition) is 0. The molecule has 0 aliphatic carbocycles. The van der Waals surface area contributed by atoms with Crippen molar-refractivity contribution in [2.45, 2.75) is 32.7 Å². The van der Waals surface area contributed by atoms with E-state index in [9.17, 15) is 18.0 Å². The fraction of sp³-hybridized carbons (Fsp3) is 0.238. The maximum atomic E-state index is 13.2. The first kappa shape index (κ1) is 22.0. The summed E-state index contributed by atoms with van der Waals surface area (Å²) >= 11 is 0. The van der Waals surface area contributed by atoms with Crippen LogP contribution in [0.25, 0.3) is 17.6 Å². The summed E-state index contributed by atoms with van der Waals surface area (Å²) in [5, 5.41) is 4.09. The Morgan fingerprint density at radius 1 is 1.19 bits per heavy atom. The highest BCUT2D eigenvalue weighted by molar-refractivity contribution is 5.84. The van der Waals surface area contributed by atoms with Crippen LogP contribution in [-0.2, 0) is 22.3 Å². The summed E-state index contributed by atoms with van der Waals surface area (Å²) in [6, 6.07) is 8.53. The smallest absolute Gasteiger partial charge is 0.416 e. The quantitative estimate of drug-likeness (QED) is 0.408. The van der Waals surface area contributed by atoms with Crippen LogP contribution >= 0.6 is 0 Å². The second kappa shape index (κ2) is 9.41. The van der Waals surface area contributed by atoms with Crippen LogP contribution in [0.3, 0.4) is 0 Å². The molecule has 0 atom stereocenters. The first-order valence-corrected chi connectivity index (χ1v) is 9.26. The maximum absolute atomic E-state index is 13.2. The van der Waals surface area contributed by atoms with Crippen molar-refractivity contribution in [1.82, 2.24) is 19.7 Å². The molecular weight excluding hydrogens is 413 g/mol. The zero-order chi connectivity index (χ0) is 22.4. The zero-order valence-electron chi connectivity index (χ0n) is 16.7. The van der Waals surface area contributed by atoms with Crippen LogP contribution in [0.1, 0.15) is 25.1 Å². The Labute approximate surface area is 176 Å². The van der Waals surface area contributed by atoms with Gasteiger partial charge in [-0.2, -0.15) is 13.2 Å². The third-order valence-electron chi connectivity index (χ3n) is 3.82. The molecule has 0 saturated heterocycles. The lowest BCUT2D eigenvalue weighted by Crippen LogP contribution is -2.09. The summed E-state index contributed by atoms with van der Waals surface area (Å²) < 4.78 is 51.4. The number of aromatic nitrogens is 4. The van der Waals surface area contributed by atoms with E-state index in [-0.39, 0.29) is 29.8 Å². The van der Waals surface area contributed by atoms with E-state index in [0.717, 1.165) is 18.2 Å². The van der Waals surface area contributed by atoms with E-state index in [0.29, 0.717) is 5.69 Å². The Bertz CT molecular complexity index is 1060. The molecule has 0 spiro atoms. The largest absolute Gasteiger partial charge is 0.491 e. The minimum absolute atomic E-state index is 0.00941. The lowest BCUT2D eigenvalue weighted by molar-refractivity contribution is -0.139. The molecule has 0 fully saturated rings. The third kappa shape index (κ3) is 6.39. The normalized spacial score (nSPS) is 11.8. The molecule has 0 amide bonds. The van der Waals surface area contributed by atoms with Gasteiger partial charge in [-0.25, -0.2) is 14.5 Å². The van der Waals surface area contributed by atoms with Crippen molar-refractivity contribution in [3.05, 3.63) is 66.3 Å². The van der Waals surface area contributed by atoms with Crippen LogP contribution in [0.2, 0.25) is 0 Å². The SMILES string of the molecule is CC(C)Oc1cc(-c2ncn(/C=C\C(=O)OCc3ccccn3)n2)cc(C(F)(F)F)c1. The topological polar surface area (TPSA) is 79.1 Å². The van der Waals surface area contributed by atoms with Gasteiger partial charge in [0, 0.05) is 24.0 Å². The van der Waals surface area contributed by atoms with Crippen LogP contribution in [-0.4, -0.2) is 31.8 Å². The number of pyridine rings is 1. The van der Waals surface area contributed by atoms with E-state index in [4.69, 9.17) is 9.47 Å². The Morgan fingerprint density at radius 2 is 2.00 bits per heavy atom. The number of rotatable bonds is 7. The lowest BCUT2D eigenvalue weighted by Gasteiger charge is -2.14. The van der Waals surface area contributed by atoms with Gasteiger partial charge >= 0.3 is 12.1 Å². The van der Waals surface area contributed by atoms with E-state index in [1.54, 1.807) is 38.2 Å². The van der Waals surface area contributed by atoms with Crippen molar-refractivity contribution in [2.75, 3.05) is 0 Å². The van der Waals surface area contributed by atoms with Crippen molar-refractivity contribution < 1.29 is 27.4 Å². The number of esters is 1. The number of nitrogens with zero attached hydrogens (tertiary/aromatic N) is 4. The fourth-order valence-corrected chi connectivity index (χ4v) is 2.52. The van der Waals surface area contributed by atoms with Gasteiger partial charge in [0.05, 0.1) is 17.4 Å². The van der Waals surface area contributed by atoms with Gasteiger partial charge in [0.25, 0.3) is 0 Å². The van der Waals surface area contributed by atoms with Crippen molar-refractivity contribution >= 4 is 12.2 Å². The number of carbonyl (C=O) groups is 1. The predicted molar refractivity (Wildman–Crippen MR) is 106 cm³/mol. The Hall–Kier alpha value is -3.69. The molecule has 2 aromatic heterocycles. The molecule has 0 radical (unpaired) electrons. The highest BCUT2D eigenvalue weighted by Crippen LogP contribution is 2.35. The van der Waals surface area contributed by atoms with Crippen LogP contribution < -0.4 is 4.74 Å². The van der Waals surface area contributed by atoms with E-state index in [1.807, 2.05) is 0 Å². The molecule has 3 aromatic rings. The molecule has 0 aliphatic rings. The van der Waals surface area contributed by atoms with E-state index in [1.165, 1.54) is 23.3 Å². The first-order chi connectivity index (χ1) is 14.7. The minimum atomic E-state index is -4.55. The molecule has 3 rings (SSSR count). The van der Waals surface area contributed by atoms with Gasteiger partial charge in [-0.1, -0.05) is 6.07 Å². The second-order valence-electron chi connectivity index (χ2n) is 6.70. The average molecular weight is 432 g/mol. The molecule has 0 unspecified atom stereocenters. The van der Waals surface area contributed by atoms with Crippen molar-refractivity contribution in [3.8, 4) is 17.1 Å². The molecular formula is C21H19F3N4O3. The van der Waals surface area contributed by atoms with E-state index in [2.05, 4.69) is 15.1 Å². The number of alkyl halides is 3. The van der Waals surface area contributed by atoms with Crippen LogP contribution in [0.4, 0.5) is 13.2 Å². The maximum Gasteiger partial charge on any atom is 0.416 e. The summed E-state index contributed by atoms with van der Waals surface area (Å²) in [6.45, 7) is 3.44. The van der Waals surface area contributed by atoms with Crippen LogP contribution in [0, 0.1) is 0 Å². The molecule has 0 aliphatic heterocycles. The standard InChI is InChI=1S/C21H19F3N4O3/c1-14(2)31-18-10-15(9-16(11-18)21(22,23)24)20-26-13-28(27-20)8-6-19(29)30-12-17-5-3-4-7-25-17/h3-11,13-14H,12H2,1-2H3/b8-6-. The van der Waals surface area contributed by atoms with E-state index >= 15 is 0 Å². The van der Waals surface area contributed by atoms with Crippen molar-refractivity contribution in [1.29, 1.82) is 0 Å². The van der Waals surface area contributed by atoms with Gasteiger partial charge in [0.15, 0.2) is 5.82 Å². The van der Waals surface area contributed by atoms with Crippen molar-refractivity contribution in [3.63, 3.8) is 0 Å². The molecule has 31 heavy (non-hydrogen) atoms. The van der Waals surface area contributed by atoms with Gasteiger partial charge < -0.3 is 9.47 Å². The number of hydrogen-bond acceptors (Lipinski definition) is 6. The Morgan fingerprint density at radius 3 is 2.68 bits per heavy atom. The number of ether oxygens (including phenoxy) is 2. The molecule has 0 bridgehead atoms. The summed E-state index contributed by atoms with van der Waals surface area (Å²) in [6.07, 6.45) is 0.409.